The van der Waals surface area contributed by atoms with Gasteiger partial charge >= 0.3 is 5.97 Å². The van der Waals surface area contributed by atoms with Crippen LogP contribution in [0.5, 0.6) is 0 Å². The second kappa shape index (κ2) is 7.04. The Hall–Kier alpha value is -0.310. The van der Waals surface area contributed by atoms with Crippen LogP contribution in [-0.4, -0.2) is 45.9 Å². The van der Waals surface area contributed by atoms with Gasteiger partial charge in [0, 0.05) is 0 Å². The SMILES string of the molecule is O=C(O)CC[S+]([O-])CCCCS(=O)(=O)O. The van der Waals surface area contributed by atoms with E-state index in [4.69, 9.17) is 9.66 Å². The Morgan fingerprint density at radius 3 is 2.33 bits per heavy atom. The molecule has 0 heterocycles. The predicted molar refractivity (Wildman–Crippen MR) is 55.8 cm³/mol. The van der Waals surface area contributed by atoms with Crippen molar-refractivity contribution in [2.75, 3.05) is 17.3 Å². The van der Waals surface area contributed by atoms with Crippen molar-refractivity contribution >= 4 is 27.3 Å². The summed E-state index contributed by atoms with van der Waals surface area (Å²) in [6.07, 6.45) is 0.481. The molecule has 0 aliphatic rings. The van der Waals surface area contributed by atoms with Gasteiger partial charge in [0.15, 0.2) is 0 Å². The van der Waals surface area contributed by atoms with Crippen LogP contribution >= 0.6 is 0 Å². The normalized spacial score (nSPS) is 13.7. The summed E-state index contributed by atoms with van der Waals surface area (Å²) < 4.78 is 40.1. The van der Waals surface area contributed by atoms with Crippen molar-refractivity contribution in [1.29, 1.82) is 0 Å². The fraction of sp³-hybridized carbons (Fsp3) is 0.857. The largest absolute Gasteiger partial charge is 0.616 e. The molecule has 6 nitrogen and oxygen atoms in total. The predicted octanol–water partition coefficient (Wildman–Crippen LogP) is -0.122. The van der Waals surface area contributed by atoms with Crippen molar-refractivity contribution in [2.45, 2.75) is 19.3 Å². The summed E-state index contributed by atoms with van der Waals surface area (Å²) in [5.41, 5.74) is 0. The van der Waals surface area contributed by atoms with Gasteiger partial charge in [0.05, 0.1) is 12.2 Å². The highest BCUT2D eigenvalue weighted by atomic mass is 32.2. The van der Waals surface area contributed by atoms with Gasteiger partial charge in [-0.15, -0.1) is 0 Å². The Balaban J connectivity index is 3.47. The molecule has 0 saturated carbocycles. The molecule has 8 heteroatoms. The number of rotatable bonds is 8. The van der Waals surface area contributed by atoms with Crippen molar-refractivity contribution < 1.29 is 27.4 Å². The van der Waals surface area contributed by atoms with Gasteiger partial charge < -0.3 is 9.66 Å². The lowest BCUT2D eigenvalue weighted by Gasteiger charge is -2.08. The second-order valence-electron chi connectivity index (χ2n) is 2.98. The lowest BCUT2D eigenvalue weighted by atomic mass is 10.4. The summed E-state index contributed by atoms with van der Waals surface area (Å²) >= 11 is -1.23. The van der Waals surface area contributed by atoms with Crippen molar-refractivity contribution in [3.05, 3.63) is 0 Å². The molecule has 90 valence electrons. The molecular formula is C7H14O6S2. The zero-order chi connectivity index (χ0) is 11.9. The minimum Gasteiger partial charge on any atom is -0.616 e. The first-order valence-corrected chi connectivity index (χ1v) is 7.43. The monoisotopic (exact) mass is 258 g/mol. The molecule has 1 unspecified atom stereocenters. The smallest absolute Gasteiger partial charge is 0.308 e. The van der Waals surface area contributed by atoms with E-state index >= 15 is 0 Å². The Labute approximate surface area is 91.6 Å². The van der Waals surface area contributed by atoms with E-state index in [-0.39, 0.29) is 30.1 Å². The maximum Gasteiger partial charge on any atom is 0.308 e. The molecule has 2 N–H and O–H groups in total. The van der Waals surface area contributed by atoms with E-state index in [1.165, 1.54) is 0 Å². The number of unbranched alkanes of at least 4 members (excludes halogenated alkanes) is 1. The van der Waals surface area contributed by atoms with E-state index in [0.29, 0.717) is 6.42 Å². The maximum absolute atomic E-state index is 11.1. The van der Waals surface area contributed by atoms with Crippen LogP contribution in [0.4, 0.5) is 0 Å². The summed E-state index contributed by atoms with van der Waals surface area (Å²) in [6.45, 7) is 0. The summed E-state index contributed by atoms with van der Waals surface area (Å²) in [4.78, 5) is 10.1. The van der Waals surface area contributed by atoms with Gasteiger partial charge in [-0.2, -0.15) is 8.42 Å². The Kier molecular flexibility index (Phi) is 6.90. The van der Waals surface area contributed by atoms with E-state index in [2.05, 4.69) is 0 Å². The highest BCUT2D eigenvalue weighted by Gasteiger charge is 2.10. The van der Waals surface area contributed by atoms with Crippen molar-refractivity contribution in [3.8, 4) is 0 Å². The molecule has 0 saturated heterocycles. The first kappa shape index (κ1) is 14.7. The van der Waals surface area contributed by atoms with E-state index in [1.807, 2.05) is 0 Å². The number of hydrogen-bond donors (Lipinski definition) is 2. The topological polar surface area (TPSA) is 115 Å². The third-order valence-electron chi connectivity index (χ3n) is 1.57. The zero-order valence-corrected chi connectivity index (χ0v) is 9.72. The average Bonchev–Trinajstić information content (AvgIpc) is 2.07. The molecule has 0 aromatic heterocycles. The van der Waals surface area contributed by atoms with Crippen molar-refractivity contribution in [2.24, 2.45) is 0 Å². The third-order valence-corrected chi connectivity index (χ3v) is 3.78. The van der Waals surface area contributed by atoms with E-state index in [0.717, 1.165) is 0 Å². The number of carbonyl (C=O) groups is 1. The molecule has 0 aromatic carbocycles. The molecule has 0 radical (unpaired) electrons. The molecule has 0 aliphatic carbocycles. The Morgan fingerprint density at radius 1 is 1.27 bits per heavy atom. The van der Waals surface area contributed by atoms with Gasteiger partial charge in [-0.1, -0.05) is 11.2 Å². The molecule has 0 amide bonds. The molecule has 1 atom stereocenters. The van der Waals surface area contributed by atoms with Gasteiger partial charge in [0.2, 0.25) is 0 Å². The summed E-state index contributed by atoms with van der Waals surface area (Å²) in [5, 5.41) is 8.29. The van der Waals surface area contributed by atoms with Crippen LogP contribution in [0.3, 0.4) is 0 Å². The molecule has 0 aliphatic heterocycles. The molecule has 0 spiro atoms. The molecule has 0 fully saturated rings. The summed E-state index contributed by atoms with van der Waals surface area (Å²) in [7, 11) is -3.94. The molecule has 0 bridgehead atoms. The van der Waals surface area contributed by atoms with Gasteiger partial charge in [0.1, 0.15) is 11.5 Å². The minimum absolute atomic E-state index is 0.0845. The fourth-order valence-electron chi connectivity index (χ4n) is 0.851. The highest BCUT2D eigenvalue weighted by molar-refractivity contribution is 7.91. The van der Waals surface area contributed by atoms with Crippen LogP contribution in [0.25, 0.3) is 0 Å². The number of carboxylic acid groups (broad SMARTS) is 1. The van der Waals surface area contributed by atoms with Gasteiger partial charge in [-0.25, -0.2) is 0 Å². The van der Waals surface area contributed by atoms with Crippen LogP contribution in [0.1, 0.15) is 19.3 Å². The second-order valence-corrected chi connectivity index (χ2v) is 6.25. The van der Waals surface area contributed by atoms with Gasteiger partial charge in [0.25, 0.3) is 10.1 Å². The maximum atomic E-state index is 11.1. The number of hydrogen-bond acceptors (Lipinski definition) is 4. The van der Waals surface area contributed by atoms with Crippen LogP contribution in [0, 0.1) is 0 Å². The van der Waals surface area contributed by atoms with Gasteiger partial charge in [-0.3, -0.25) is 9.35 Å². The molecule has 0 aromatic rings. The van der Waals surface area contributed by atoms with Crippen LogP contribution in [0.15, 0.2) is 0 Å². The highest BCUT2D eigenvalue weighted by Crippen LogP contribution is 2.01. The third kappa shape index (κ3) is 11.6. The van der Waals surface area contributed by atoms with E-state index in [1.54, 1.807) is 0 Å². The van der Waals surface area contributed by atoms with Crippen LogP contribution in [0.2, 0.25) is 0 Å². The Morgan fingerprint density at radius 2 is 1.87 bits per heavy atom. The molecular weight excluding hydrogens is 244 g/mol. The van der Waals surface area contributed by atoms with Crippen LogP contribution in [-0.2, 0) is 26.1 Å². The van der Waals surface area contributed by atoms with Crippen LogP contribution < -0.4 is 0 Å². The first-order valence-electron chi connectivity index (χ1n) is 4.33. The fourth-order valence-corrected chi connectivity index (χ4v) is 2.55. The van der Waals surface area contributed by atoms with E-state index in [9.17, 15) is 17.8 Å². The minimum atomic E-state index is -3.94. The van der Waals surface area contributed by atoms with Gasteiger partial charge in [-0.05, 0) is 12.8 Å². The standard InChI is InChI=1S/C7H14O6S2/c8-7(9)3-5-14(10)4-1-2-6-15(11,12)13/h1-6H2,(H,8,9)(H,11,12,13). The summed E-state index contributed by atoms with van der Waals surface area (Å²) in [6, 6.07) is 0. The average molecular weight is 258 g/mol. The van der Waals surface area contributed by atoms with Crippen molar-refractivity contribution in [3.63, 3.8) is 0 Å². The van der Waals surface area contributed by atoms with Crippen molar-refractivity contribution in [1.82, 2.24) is 0 Å². The lowest BCUT2D eigenvalue weighted by molar-refractivity contribution is -0.136. The lowest BCUT2D eigenvalue weighted by Crippen LogP contribution is -2.15. The molecule has 15 heavy (non-hydrogen) atoms. The quantitative estimate of drug-likeness (QED) is 0.356. The summed E-state index contributed by atoms with van der Waals surface area (Å²) in [5.74, 6) is -0.992. The molecule has 0 rings (SSSR count). The number of aliphatic carboxylic acids is 1. The van der Waals surface area contributed by atoms with E-state index < -0.39 is 27.3 Å². The first-order chi connectivity index (χ1) is 6.81. The number of carboxylic acids is 1. The zero-order valence-electron chi connectivity index (χ0n) is 8.09. The Bertz CT molecular complexity index is 286.